The summed E-state index contributed by atoms with van der Waals surface area (Å²) in [5.74, 6) is 0. The Kier molecular flexibility index (Phi) is 3.45. The van der Waals surface area contributed by atoms with Crippen molar-refractivity contribution in [3.63, 3.8) is 0 Å². The van der Waals surface area contributed by atoms with Crippen molar-refractivity contribution in [3.8, 4) is 0 Å². The predicted octanol–water partition coefficient (Wildman–Crippen LogP) is 3.55. The van der Waals surface area contributed by atoms with E-state index in [4.69, 9.17) is 5.73 Å². The summed E-state index contributed by atoms with van der Waals surface area (Å²) < 4.78 is 2.43. The maximum atomic E-state index is 5.63. The highest BCUT2D eigenvalue weighted by atomic mass is 15.0. The Labute approximate surface area is 119 Å². The molecular formula is C17H21N3. The van der Waals surface area contributed by atoms with Crippen LogP contribution in [0.4, 0.5) is 0 Å². The standard InChI is InChI=1S/C17H21N3/c1-12-6-5-7-14-15-8-10-19-13(2)17(15)20(16(12)14)11-4-3-9-18/h5-8,10H,3-4,9,11,18H2,1-2H3. The fourth-order valence-corrected chi connectivity index (χ4v) is 3.10. The van der Waals surface area contributed by atoms with Crippen molar-refractivity contribution in [1.82, 2.24) is 9.55 Å². The van der Waals surface area contributed by atoms with Crippen LogP contribution in [0.1, 0.15) is 24.1 Å². The number of hydrogen-bond acceptors (Lipinski definition) is 2. The number of aromatic nitrogens is 2. The summed E-state index contributed by atoms with van der Waals surface area (Å²) in [4.78, 5) is 4.48. The highest BCUT2D eigenvalue weighted by molar-refractivity contribution is 6.09. The smallest absolute Gasteiger partial charge is 0.0707 e. The molecule has 0 aliphatic carbocycles. The molecule has 0 saturated carbocycles. The monoisotopic (exact) mass is 267 g/mol. The van der Waals surface area contributed by atoms with Crippen LogP contribution in [0, 0.1) is 13.8 Å². The molecule has 0 fully saturated rings. The van der Waals surface area contributed by atoms with Gasteiger partial charge in [0, 0.05) is 23.5 Å². The van der Waals surface area contributed by atoms with Crippen molar-refractivity contribution in [3.05, 3.63) is 41.7 Å². The summed E-state index contributed by atoms with van der Waals surface area (Å²) in [6.45, 7) is 6.04. The lowest BCUT2D eigenvalue weighted by atomic mass is 10.1. The minimum atomic E-state index is 0.757. The Morgan fingerprint density at radius 2 is 1.85 bits per heavy atom. The molecule has 0 radical (unpaired) electrons. The van der Waals surface area contributed by atoms with Crippen LogP contribution in [-0.2, 0) is 6.54 Å². The lowest BCUT2D eigenvalue weighted by Gasteiger charge is -2.09. The molecule has 0 spiro atoms. The average Bonchev–Trinajstić information content (AvgIpc) is 2.77. The van der Waals surface area contributed by atoms with Crippen LogP contribution in [0.15, 0.2) is 30.5 Å². The Morgan fingerprint density at radius 3 is 2.65 bits per heavy atom. The summed E-state index contributed by atoms with van der Waals surface area (Å²) >= 11 is 0. The molecule has 0 unspecified atom stereocenters. The molecule has 3 heteroatoms. The lowest BCUT2D eigenvalue weighted by molar-refractivity contribution is 0.641. The minimum absolute atomic E-state index is 0.757. The second-order valence-electron chi connectivity index (χ2n) is 5.41. The van der Waals surface area contributed by atoms with E-state index in [-0.39, 0.29) is 0 Å². The van der Waals surface area contributed by atoms with Gasteiger partial charge in [-0.3, -0.25) is 4.98 Å². The average molecular weight is 267 g/mol. The van der Waals surface area contributed by atoms with Gasteiger partial charge in [-0.25, -0.2) is 0 Å². The van der Waals surface area contributed by atoms with E-state index in [2.05, 4.69) is 47.7 Å². The zero-order chi connectivity index (χ0) is 14.1. The molecule has 2 heterocycles. The third-order valence-electron chi connectivity index (χ3n) is 4.01. The van der Waals surface area contributed by atoms with Crippen molar-refractivity contribution in [1.29, 1.82) is 0 Å². The first-order valence-corrected chi connectivity index (χ1v) is 7.27. The van der Waals surface area contributed by atoms with Crippen LogP contribution < -0.4 is 5.73 Å². The van der Waals surface area contributed by atoms with Gasteiger partial charge in [0.25, 0.3) is 0 Å². The Morgan fingerprint density at radius 1 is 1.05 bits per heavy atom. The van der Waals surface area contributed by atoms with Crippen molar-refractivity contribution >= 4 is 21.8 Å². The third kappa shape index (κ3) is 1.98. The van der Waals surface area contributed by atoms with Crippen molar-refractivity contribution in [2.24, 2.45) is 5.73 Å². The molecule has 0 amide bonds. The number of nitrogens with two attached hydrogens (primary N) is 1. The van der Waals surface area contributed by atoms with E-state index in [1.165, 1.54) is 27.4 Å². The highest BCUT2D eigenvalue weighted by Crippen LogP contribution is 2.32. The number of rotatable bonds is 4. The zero-order valence-electron chi connectivity index (χ0n) is 12.2. The maximum absolute atomic E-state index is 5.63. The molecule has 2 aromatic heterocycles. The molecule has 3 aromatic rings. The summed E-state index contributed by atoms with van der Waals surface area (Å²) in [6, 6.07) is 8.66. The van der Waals surface area contributed by atoms with E-state index in [9.17, 15) is 0 Å². The van der Waals surface area contributed by atoms with Gasteiger partial charge in [0.15, 0.2) is 0 Å². The summed E-state index contributed by atoms with van der Waals surface area (Å²) in [5, 5.41) is 2.64. The molecule has 3 rings (SSSR count). The number of benzene rings is 1. The van der Waals surface area contributed by atoms with Gasteiger partial charge in [0.2, 0.25) is 0 Å². The molecule has 20 heavy (non-hydrogen) atoms. The van der Waals surface area contributed by atoms with Gasteiger partial charge in [0.05, 0.1) is 16.7 Å². The lowest BCUT2D eigenvalue weighted by Crippen LogP contribution is -2.04. The first kappa shape index (κ1) is 13.1. The third-order valence-corrected chi connectivity index (χ3v) is 4.01. The van der Waals surface area contributed by atoms with Gasteiger partial charge in [-0.15, -0.1) is 0 Å². The Bertz CT molecular complexity index is 696. The first-order valence-electron chi connectivity index (χ1n) is 7.27. The van der Waals surface area contributed by atoms with E-state index in [1.54, 1.807) is 0 Å². The van der Waals surface area contributed by atoms with Crippen molar-refractivity contribution in [2.45, 2.75) is 33.2 Å². The van der Waals surface area contributed by atoms with E-state index in [1.807, 2.05) is 6.20 Å². The molecule has 0 aliphatic heterocycles. The SMILES string of the molecule is Cc1cccc2c3ccnc(C)c3n(CCCCN)c12. The van der Waals surface area contributed by atoms with Gasteiger partial charge < -0.3 is 10.3 Å². The van der Waals surface area contributed by atoms with Crippen LogP contribution in [0.2, 0.25) is 0 Å². The normalized spacial score (nSPS) is 11.6. The summed E-state index contributed by atoms with van der Waals surface area (Å²) in [7, 11) is 0. The maximum Gasteiger partial charge on any atom is 0.0707 e. The highest BCUT2D eigenvalue weighted by Gasteiger charge is 2.13. The number of aryl methyl sites for hydroxylation is 3. The molecule has 2 N–H and O–H groups in total. The van der Waals surface area contributed by atoms with E-state index >= 15 is 0 Å². The molecule has 1 aromatic carbocycles. The van der Waals surface area contributed by atoms with Crippen LogP contribution in [0.5, 0.6) is 0 Å². The van der Waals surface area contributed by atoms with E-state index < -0.39 is 0 Å². The zero-order valence-corrected chi connectivity index (χ0v) is 12.2. The molecule has 0 aliphatic rings. The van der Waals surface area contributed by atoms with Gasteiger partial charge in [-0.05, 0) is 44.9 Å². The second-order valence-corrected chi connectivity index (χ2v) is 5.41. The molecule has 3 nitrogen and oxygen atoms in total. The number of para-hydroxylation sites is 1. The first-order chi connectivity index (χ1) is 9.74. The molecule has 0 atom stereocenters. The molecule has 104 valence electrons. The largest absolute Gasteiger partial charge is 0.339 e. The van der Waals surface area contributed by atoms with E-state index in [0.29, 0.717) is 0 Å². The number of fused-ring (bicyclic) bond motifs is 3. The summed E-state index contributed by atoms with van der Waals surface area (Å²) in [5.41, 5.74) is 10.7. The predicted molar refractivity (Wildman–Crippen MR) is 85.0 cm³/mol. The fraction of sp³-hybridized carbons (Fsp3) is 0.353. The number of unbranched alkanes of at least 4 members (excludes halogenated alkanes) is 1. The number of nitrogens with zero attached hydrogens (tertiary/aromatic N) is 2. The Hall–Kier alpha value is -1.87. The van der Waals surface area contributed by atoms with Gasteiger partial charge in [0.1, 0.15) is 0 Å². The second kappa shape index (κ2) is 5.25. The van der Waals surface area contributed by atoms with E-state index in [0.717, 1.165) is 31.6 Å². The topological polar surface area (TPSA) is 43.8 Å². The van der Waals surface area contributed by atoms with Crippen LogP contribution in [0.3, 0.4) is 0 Å². The molecular weight excluding hydrogens is 246 g/mol. The Balaban J connectivity index is 2.31. The summed E-state index contributed by atoms with van der Waals surface area (Å²) in [6.07, 6.45) is 4.08. The van der Waals surface area contributed by atoms with Crippen molar-refractivity contribution in [2.75, 3.05) is 6.54 Å². The van der Waals surface area contributed by atoms with Crippen molar-refractivity contribution < 1.29 is 0 Å². The van der Waals surface area contributed by atoms with Crippen LogP contribution in [0.25, 0.3) is 21.8 Å². The van der Waals surface area contributed by atoms with Crippen LogP contribution >= 0.6 is 0 Å². The van der Waals surface area contributed by atoms with Gasteiger partial charge in [-0.1, -0.05) is 18.2 Å². The molecule has 0 bridgehead atoms. The number of hydrogen-bond donors (Lipinski definition) is 1. The van der Waals surface area contributed by atoms with Gasteiger partial charge >= 0.3 is 0 Å². The van der Waals surface area contributed by atoms with Gasteiger partial charge in [-0.2, -0.15) is 0 Å². The fourth-order valence-electron chi connectivity index (χ4n) is 3.10. The number of pyridine rings is 1. The minimum Gasteiger partial charge on any atom is -0.339 e. The quantitative estimate of drug-likeness (QED) is 0.735. The molecule has 0 saturated heterocycles. The van der Waals surface area contributed by atoms with Crippen LogP contribution in [-0.4, -0.2) is 16.1 Å².